The van der Waals surface area contributed by atoms with Gasteiger partial charge in [-0.15, -0.1) is 0 Å². The normalized spacial score (nSPS) is 23.3. The molecular formula is C17H26N4O3. The predicted molar refractivity (Wildman–Crippen MR) is 88.5 cm³/mol. The summed E-state index contributed by atoms with van der Waals surface area (Å²) in [7, 11) is 0. The van der Waals surface area contributed by atoms with Gasteiger partial charge in [0.15, 0.2) is 0 Å². The number of rotatable bonds is 3. The topological polar surface area (TPSA) is 78.5 Å². The fourth-order valence-electron chi connectivity index (χ4n) is 3.45. The molecule has 3 heterocycles. The average Bonchev–Trinajstić information content (AvgIpc) is 2.91. The summed E-state index contributed by atoms with van der Waals surface area (Å²) in [6.45, 7) is 10.7. The number of aromatic nitrogens is 2. The summed E-state index contributed by atoms with van der Waals surface area (Å²) in [5.74, 6) is 0.334. The summed E-state index contributed by atoms with van der Waals surface area (Å²) < 4.78 is 5.34. The maximum absolute atomic E-state index is 13.0. The Morgan fingerprint density at radius 2 is 2.08 bits per heavy atom. The van der Waals surface area contributed by atoms with Crippen molar-refractivity contribution in [2.45, 2.75) is 33.7 Å². The van der Waals surface area contributed by atoms with Crippen LogP contribution in [0.4, 0.5) is 0 Å². The maximum Gasteiger partial charge on any atom is 0.274 e. The number of aryl methyl sites for hydroxylation is 1. The van der Waals surface area contributed by atoms with E-state index in [1.54, 1.807) is 11.0 Å². The third-order valence-corrected chi connectivity index (χ3v) is 5.35. The molecule has 2 fully saturated rings. The minimum absolute atomic E-state index is 0.00790. The fourth-order valence-corrected chi connectivity index (χ4v) is 3.45. The van der Waals surface area contributed by atoms with E-state index in [4.69, 9.17) is 4.74 Å². The summed E-state index contributed by atoms with van der Waals surface area (Å²) in [6.07, 6.45) is 0. The van der Waals surface area contributed by atoms with Crippen LogP contribution in [0.3, 0.4) is 0 Å². The molecule has 7 heteroatoms. The molecule has 7 nitrogen and oxygen atoms in total. The molecule has 0 unspecified atom stereocenters. The number of H-pyrrole nitrogens is 1. The van der Waals surface area contributed by atoms with Crippen molar-refractivity contribution in [1.82, 2.24) is 20.0 Å². The maximum atomic E-state index is 13.0. The minimum atomic E-state index is -0.389. The van der Waals surface area contributed by atoms with Gasteiger partial charge < -0.3 is 14.5 Å². The smallest absolute Gasteiger partial charge is 0.274 e. The van der Waals surface area contributed by atoms with Crippen molar-refractivity contribution >= 4 is 11.8 Å². The van der Waals surface area contributed by atoms with Gasteiger partial charge in [0.2, 0.25) is 5.91 Å². The molecule has 132 valence electrons. The van der Waals surface area contributed by atoms with Crippen molar-refractivity contribution in [3.8, 4) is 0 Å². The molecule has 3 rings (SSSR count). The van der Waals surface area contributed by atoms with Gasteiger partial charge in [-0.05, 0) is 25.8 Å². The molecule has 1 atom stereocenters. The van der Waals surface area contributed by atoms with E-state index in [1.165, 1.54) is 0 Å². The lowest BCUT2D eigenvalue weighted by Gasteiger charge is -2.49. The number of nitrogens with zero attached hydrogens (tertiary/aromatic N) is 3. The molecule has 0 bridgehead atoms. The summed E-state index contributed by atoms with van der Waals surface area (Å²) in [4.78, 5) is 29.3. The fraction of sp³-hybridized carbons (Fsp3) is 0.706. The number of hydrogen-bond acceptors (Lipinski definition) is 4. The van der Waals surface area contributed by atoms with Crippen LogP contribution in [-0.2, 0) is 9.53 Å². The molecule has 2 saturated heterocycles. The third kappa shape index (κ3) is 2.70. The van der Waals surface area contributed by atoms with E-state index in [-0.39, 0.29) is 29.2 Å². The van der Waals surface area contributed by atoms with Crippen molar-refractivity contribution in [3.63, 3.8) is 0 Å². The zero-order chi connectivity index (χ0) is 17.5. The van der Waals surface area contributed by atoms with Crippen molar-refractivity contribution < 1.29 is 14.3 Å². The summed E-state index contributed by atoms with van der Waals surface area (Å²) >= 11 is 0. The van der Waals surface area contributed by atoms with Gasteiger partial charge in [0.05, 0.1) is 18.6 Å². The van der Waals surface area contributed by atoms with E-state index in [0.29, 0.717) is 38.5 Å². The molecule has 0 radical (unpaired) electrons. The number of aromatic amines is 1. The van der Waals surface area contributed by atoms with Crippen molar-refractivity contribution in [1.29, 1.82) is 0 Å². The monoisotopic (exact) mass is 334 g/mol. The number of ether oxygens (including phenoxy) is 1. The first-order valence-corrected chi connectivity index (χ1v) is 8.55. The summed E-state index contributed by atoms with van der Waals surface area (Å²) in [5.41, 5.74) is 0.911. The molecule has 2 aliphatic rings. The van der Waals surface area contributed by atoms with Crippen LogP contribution in [0.1, 0.15) is 37.0 Å². The van der Waals surface area contributed by atoms with E-state index in [1.807, 2.05) is 18.7 Å². The first kappa shape index (κ1) is 17.0. The first-order valence-electron chi connectivity index (χ1n) is 8.55. The molecule has 1 aromatic rings. The van der Waals surface area contributed by atoms with Crippen molar-refractivity contribution in [2.75, 3.05) is 32.8 Å². The number of piperazine rings is 1. The second kappa shape index (κ2) is 6.20. The van der Waals surface area contributed by atoms with Gasteiger partial charge in [-0.3, -0.25) is 14.7 Å². The Bertz CT molecular complexity index is 636. The lowest BCUT2D eigenvalue weighted by Crippen LogP contribution is -2.64. The van der Waals surface area contributed by atoms with Crippen molar-refractivity contribution in [3.05, 3.63) is 17.5 Å². The van der Waals surface area contributed by atoms with Crippen LogP contribution in [0.25, 0.3) is 0 Å². The Morgan fingerprint density at radius 3 is 2.54 bits per heavy atom. The number of carbonyl (C=O) groups excluding carboxylic acids is 2. The molecule has 2 aliphatic heterocycles. The van der Waals surface area contributed by atoms with Gasteiger partial charge in [0.1, 0.15) is 5.69 Å². The lowest BCUT2D eigenvalue weighted by atomic mass is 9.74. The minimum Gasteiger partial charge on any atom is -0.379 e. The molecule has 0 aliphatic carbocycles. The number of nitrogens with one attached hydrogen (secondary N) is 1. The third-order valence-electron chi connectivity index (χ3n) is 5.35. The lowest BCUT2D eigenvalue weighted by molar-refractivity contribution is -0.186. The molecule has 0 spiro atoms. The van der Waals surface area contributed by atoms with Crippen LogP contribution in [-0.4, -0.2) is 70.7 Å². The van der Waals surface area contributed by atoms with E-state index in [2.05, 4.69) is 24.0 Å². The largest absolute Gasteiger partial charge is 0.379 e. The van der Waals surface area contributed by atoms with Gasteiger partial charge in [0, 0.05) is 31.4 Å². The Kier molecular flexibility index (Phi) is 4.38. The van der Waals surface area contributed by atoms with E-state index >= 15 is 0 Å². The zero-order valence-electron chi connectivity index (χ0n) is 14.8. The molecule has 1 N–H and O–H groups in total. The van der Waals surface area contributed by atoms with Crippen LogP contribution < -0.4 is 0 Å². The molecule has 2 amide bonds. The van der Waals surface area contributed by atoms with E-state index in [0.717, 1.165) is 5.69 Å². The first-order chi connectivity index (χ1) is 11.3. The van der Waals surface area contributed by atoms with Gasteiger partial charge in [0.25, 0.3) is 5.91 Å². The van der Waals surface area contributed by atoms with Gasteiger partial charge in [-0.1, -0.05) is 13.8 Å². The molecular weight excluding hydrogens is 308 g/mol. The predicted octanol–water partition coefficient (Wildman–Crippen LogP) is 1.06. The molecule has 0 saturated carbocycles. The Morgan fingerprint density at radius 1 is 1.38 bits per heavy atom. The number of hydrogen-bond donors (Lipinski definition) is 1. The van der Waals surface area contributed by atoms with Crippen LogP contribution in [0.5, 0.6) is 0 Å². The van der Waals surface area contributed by atoms with E-state index in [9.17, 15) is 9.59 Å². The highest BCUT2D eigenvalue weighted by molar-refractivity contribution is 5.92. The molecule has 24 heavy (non-hydrogen) atoms. The van der Waals surface area contributed by atoms with Gasteiger partial charge in [-0.25, -0.2) is 0 Å². The van der Waals surface area contributed by atoms with Gasteiger partial charge in [-0.2, -0.15) is 5.10 Å². The van der Waals surface area contributed by atoms with Crippen LogP contribution >= 0.6 is 0 Å². The highest BCUT2D eigenvalue weighted by atomic mass is 16.5. The summed E-state index contributed by atoms with van der Waals surface area (Å²) in [5, 5.41) is 6.84. The van der Waals surface area contributed by atoms with Gasteiger partial charge >= 0.3 is 0 Å². The van der Waals surface area contributed by atoms with Crippen LogP contribution in [0.15, 0.2) is 6.07 Å². The van der Waals surface area contributed by atoms with Crippen LogP contribution in [0.2, 0.25) is 0 Å². The van der Waals surface area contributed by atoms with E-state index < -0.39 is 0 Å². The average molecular weight is 334 g/mol. The second-order valence-electron chi connectivity index (χ2n) is 7.34. The molecule has 1 aromatic heterocycles. The number of carbonyl (C=O) groups is 2. The zero-order valence-corrected chi connectivity index (χ0v) is 14.8. The molecule has 0 aromatic carbocycles. The highest BCUT2D eigenvalue weighted by Crippen LogP contribution is 2.38. The Hall–Kier alpha value is -1.89. The Labute approximate surface area is 142 Å². The second-order valence-corrected chi connectivity index (χ2v) is 7.34. The number of amides is 2. The van der Waals surface area contributed by atoms with Crippen molar-refractivity contribution in [2.24, 2.45) is 11.3 Å². The quantitative estimate of drug-likeness (QED) is 0.897. The summed E-state index contributed by atoms with van der Waals surface area (Å²) in [6, 6.07) is 1.75. The van der Waals surface area contributed by atoms with Crippen LogP contribution in [0, 0.1) is 18.3 Å². The SMILES string of the molecule is Cc1cc(C(=O)N2CCN(C(=O)C3(C(C)C)COC3)[C@H](C)C2)n[nH]1. The Balaban J connectivity index is 1.67. The standard InChI is InChI=1S/C17H26N4O3/c1-11(2)17(9-24-10-17)16(23)21-6-5-20(8-13(21)4)15(22)14-7-12(3)18-19-14/h7,11,13H,5-6,8-10H2,1-4H3,(H,18,19)/t13-/m1/s1. The highest BCUT2D eigenvalue weighted by Gasteiger charge is 2.51.